The molecule has 0 amide bonds. The van der Waals surface area contributed by atoms with E-state index in [0.717, 1.165) is 150 Å². The zero-order valence-electron chi connectivity index (χ0n) is 80.1. The maximum Gasteiger partial charge on any atom is 0.279 e. The van der Waals surface area contributed by atoms with Crippen LogP contribution in [0.4, 0.5) is 102 Å². The predicted molar refractivity (Wildman–Crippen MR) is 617 cm³/mol. The Kier molecular flexibility index (Phi) is 26.8. The molecule has 0 bridgehead atoms. The van der Waals surface area contributed by atoms with Crippen LogP contribution in [0.1, 0.15) is 58.9 Å². The summed E-state index contributed by atoms with van der Waals surface area (Å²) < 4.78 is 8.60. The summed E-state index contributed by atoms with van der Waals surface area (Å²) in [6, 6.07) is 148. The number of halogens is 4. The minimum absolute atomic E-state index is 0.0437. The Bertz CT molecular complexity index is 8810. The maximum atomic E-state index is 11.5. The molecule has 720 valence electrons. The van der Waals surface area contributed by atoms with Gasteiger partial charge in [0.25, 0.3) is 17.1 Å². The number of imidazole rings is 2. The first kappa shape index (κ1) is 95.6. The molecule has 0 saturated carbocycles. The molecule has 0 fully saturated rings. The normalized spacial score (nSPS) is 12.0. The molecule has 0 spiro atoms. The van der Waals surface area contributed by atoms with Crippen molar-refractivity contribution in [3.8, 4) is 44.8 Å². The highest BCUT2D eigenvalue weighted by Crippen LogP contribution is 2.54. The van der Waals surface area contributed by atoms with E-state index >= 15 is 0 Å². The molecule has 148 heavy (non-hydrogen) atoms. The van der Waals surface area contributed by atoms with E-state index < -0.39 is 9.85 Å². The van der Waals surface area contributed by atoms with E-state index in [1.165, 1.54) is 113 Å². The van der Waals surface area contributed by atoms with Crippen molar-refractivity contribution >= 4 is 210 Å². The minimum atomic E-state index is -0.593. The average molecular weight is 2190 g/mol. The average Bonchev–Trinajstić information content (AvgIpc) is 1.54. The van der Waals surface area contributed by atoms with Crippen molar-refractivity contribution in [2.75, 3.05) is 30.7 Å². The fourth-order valence-electron chi connectivity index (χ4n) is 20.8. The molecule has 20 aromatic carbocycles. The van der Waals surface area contributed by atoms with Gasteiger partial charge in [-0.15, -0.1) is 0 Å². The summed E-state index contributed by atoms with van der Waals surface area (Å²) in [6.07, 6.45) is 3.20. The summed E-state index contributed by atoms with van der Waals surface area (Å²) in [5.41, 5.74) is 40.8. The van der Waals surface area contributed by atoms with Gasteiger partial charge in [0.05, 0.1) is 87.9 Å². The summed E-state index contributed by atoms with van der Waals surface area (Å²) in [5, 5.41) is 42.6. The van der Waals surface area contributed by atoms with Crippen LogP contribution in [-0.2, 0) is 32.1 Å². The first-order valence-electron chi connectivity index (χ1n) is 48.6. The fraction of sp³-hybridized carbons (Fsp3) is 0.0560. The second-order valence-electron chi connectivity index (χ2n) is 36.1. The van der Waals surface area contributed by atoms with Gasteiger partial charge in [-0.3, -0.25) is 39.5 Å². The third-order valence-corrected chi connectivity index (χ3v) is 29.3. The summed E-state index contributed by atoms with van der Waals surface area (Å²) in [6.45, 7) is 4.35. The molecule has 0 atom stereocenters. The van der Waals surface area contributed by atoms with Gasteiger partial charge < -0.3 is 30.7 Å². The lowest BCUT2D eigenvalue weighted by Crippen LogP contribution is -2.19. The Hall–Kier alpha value is -17.2. The smallest absolute Gasteiger partial charge is 0.279 e. The van der Waals surface area contributed by atoms with E-state index in [0.29, 0.717) is 12.0 Å². The van der Waals surface area contributed by atoms with Crippen molar-refractivity contribution in [2.45, 2.75) is 46.0 Å². The predicted octanol–water partition coefficient (Wildman–Crippen LogP) is 35.5. The molecule has 23 heteroatoms. The van der Waals surface area contributed by atoms with Gasteiger partial charge in [0.1, 0.15) is 17.2 Å². The first-order valence-corrected chi connectivity index (χ1v) is 51.7. The first-order chi connectivity index (χ1) is 72.4. The topological polar surface area (TPSA) is 216 Å². The van der Waals surface area contributed by atoms with Crippen LogP contribution in [0.5, 0.6) is 0 Å². The monoisotopic (exact) mass is 2190 g/mol. The van der Waals surface area contributed by atoms with E-state index in [1.54, 1.807) is 18.2 Å². The summed E-state index contributed by atoms with van der Waals surface area (Å²) in [5.74, 6) is 2.17. The Morgan fingerprint density at radius 2 is 0.662 bits per heavy atom. The minimum Gasteiger partial charge on any atom is -0.398 e. The molecule has 4 aliphatic heterocycles. The summed E-state index contributed by atoms with van der Waals surface area (Å²) >= 11 is 14.1. The van der Waals surface area contributed by atoms with Gasteiger partial charge in [0.15, 0.2) is 0 Å². The molecule has 3 N–H and O–H groups in total. The lowest BCUT2D eigenvalue weighted by atomic mass is 9.86. The van der Waals surface area contributed by atoms with Gasteiger partial charge in [0.2, 0.25) is 0 Å². The second-order valence-corrected chi connectivity index (χ2v) is 39.7. The van der Waals surface area contributed by atoms with Crippen LogP contribution in [0.3, 0.4) is 0 Å². The molecule has 6 heterocycles. The van der Waals surface area contributed by atoms with Gasteiger partial charge >= 0.3 is 0 Å². The number of benzene rings is 20. The van der Waals surface area contributed by atoms with Gasteiger partial charge in [-0.25, -0.2) is 9.97 Å². The maximum absolute atomic E-state index is 11.5. The van der Waals surface area contributed by atoms with Crippen LogP contribution in [-0.4, -0.2) is 33.9 Å². The van der Waals surface area contributed by atoms with Gasteiger partial charge in [-0.05, 0) is 266 Å². The number of nitrogens with zero attached hydrogens (tertiary/aromatic N) is 11. The van der Waals surface area contributed by atoms with Gasteiger partial charge in [-0.2, -0.15) is 0 Å². The molecule has 26 rings (SSSR count). The van der Waals surface area contributed by atoms with Crippen LogP contribution in [0.15, 0.2) is 455 Å². The van der Waals surface area contributed by atoms with E-state index in [1.807, 2.05) is 115 Å². The third-order valence-electron chi connectivity index (χ3n) is 27.3. The summed E-state index contributed by atoms with van der Waals surface area (Å²) in [4.78, 5) is 51.8. The number of nitro groups is 3. The quantitative estimate of drug-likeness (QED) is 0.0398. The number of nitrogens with two attached hydrogens (primary N) is 1. The molecule has 2 aromatic heterocycles. The van der Waals surface area contributed by atoms with Crippen molar-refractivity contribution < 1.29 is 14.8 Å². The van der Waals surface area contributed by atoms with Crippen molar-refractivity contribution in [1.82, 2.24) is 19.1 Å². The lowest BCUT2D eigenvalue weighted by Gasteiger charge is -2.34. The molecule has 0 radical (unpaired) electrons. The number of nitrogens with one attached hydrogen (secondary N) is 1. The van der Waals surface area contributed by atoms with Crippen LogP contribution in [0, 0.1) is 30.3 Å². The van der Waals surface area contributed by atoms with Crippen LogP contribution in [0.2, 0.25) is 0 Å². The molecule has 19 nitrogen and oxygen atoms in total. The number of anilines is 15. The number of fused-ring (bicyclic) bond motifs is 10. The Balaban J connectivity index is 0.000000110. The van der Waals surface area contributed by atoms with Gasteiger partial charge in [0, 0.05) is 125 Å². The number of nitro benzene ring substituents is 3. The van der Waals surface area contributed by atoms with Crippen molar-refractivity contribution in [2.24, 2.45) is 0 Å². The Labute approximate surface area is 887 Å². The van der Waals surface area contributed by atoms with E-state index in [4.69, 9.17) is 15.7 Å². The van der Waals surface area contributed by atoms with Crippen LogP contribution in [0.25, 0.3) is 88.4 Å². The standard InChI is InChI=1S/C47H33N3.C21H16BrN3.C19H14BrN3O4.C19H13BrN2O2.C19H15BrN2/c1-2-44-48-40-22-13-23-42-47(40)50(44)43-30-34(28-29-41(43)49(42)35-16-7-4-8-17-35)31-24-26-33(27-25-31)46-38-20-11-9-18-36(38)45(32-14-5-3-6-15-32)37-19-10-12-21-39(37)46;1-2-20-23-16-9-6-10-18-21(16)25(20)19-13-14(22)11-12-17(19)24(18)15-7-4-3-5-8-15;20-14-9-10-17(21-15-5-2-1-3-6-15)13(11-14)12-16-18(22(24)25)7-4-8-19(16)23(26)27;20-14-9-10-17-13(11-14)12-16-18(7-4-8-19(16)22(23)24)21(17)15-5-2-1-3-6-15;20-14-9-10-18-13(11-14)12-16-17(21)7-4-8-19(16)22(18)15-5-2-1-3-6-15/h3-30H,2H2,1H3;3-13H,2H2,1H3;1-11,21H,12H2;1-11H,12H2;1-11H,12,21H2. The molecule has 22 aromatic rings. The van der Waals surface area contributed by atoms with Crippen molar-refractivity contribution in [1.29, 1.82) is 0 Å². The summed E-state index contributed by atoms with van der Waals surface area (Å²) in [7, 11) is 0. The molecule has 0 unspecified atom stereocenters. The van der Waals surface area contributed by atoms with E-state index in [2.05, 4.69) is 397 Å². The molecular weight excluding hydrogens is 2100 g/mol. The molecule has 4 aliphatic rings. The van der Waals surface area contributed by atoms with E-state index in [9.17, 15) is 30.3 Å². The van der Waals surface area contributed by atoms with Crippen molar-refractivity contribution in [3.63, 3.8) is 0 Å². The number of rotatable bonds is 16. The zero-order chi connectivity index (χ0) is 101. The number of para-hydroxylation sites is 7. The van der Waals surface area contributed by atoms with Crippen LogP contribution < -0.4 is 30.7 Å². The number of hydrogen-bond acceptors (Lipinski definition) is 14. The van der Waals surface area contributed by atoms with Crippen molar-refractivity contribution in [3.05, 3.63) is 530 Å². The number of aromatic nitrogens is 4. The fourth-order valence-corrected chi connectivity index (χ4v) is 22.4. The third kappa shape index (κ3) is 18.4. The Morgan fingerprint density at radius 3 is 1.14 bits per heavy atom. The molecule has 0 saturated heterocycles. The van der Waals surface area contributed by atoms with E-state index in [-0.39, 0.29) is 34.0 Å². The second kappa shape index (κ2) is 41.5. The lowest BCUT2D eigenvalue weighted by molar-refractivity contribution is -0.395. The highest BCUT2D eigenvalue weighted by Gasteiger charge is 2.35. The largest absolute Gasteiger partial charge is 0.398 e. The molecule has 0 aliphatic carbocycles. The molecular formula is C125H91Br4N13O6. The zero-order valence-corrected chi connectivity index (χ0v) is 86.4. The Morgan fingerprint density at radius 1 is 0.311 bits per heavy atom. The number of hydrogen-bond donors (Lipinski definition) is 2. The number of nitrogen functional groups attached to an aromatic ring is 1. The highest BCUT2D eigenvalue weighted by atomic mass is 79.9. The SMILES string of the molecule is CCc1nc2cccc3c2n1-c1cc(-c2ccc(-c4c5ccccc5c(-c5ccccc5)c5ccccc45)cc2)ccc1N3c1ccccc1.CCc1nc2cccc3c2n1-c1cc(Br)ccc1N3c1ccccc1.Nc1cccc2c1Cc1cc(Br)ccc1N2c1ccccc1.O=[N+]([O-])c1cccc([N+](=O)[O-])c1Cc1cc(Br)ccc1Nc1ccccc1.O=[N+]([O-])c1cccc2c1Cc1cc(Br)ccc1N2c1ccccc1. The van der Waals surface area contributed by atoms with Gasteiger partial charge in [-0.1, -0.05) is 302 Å². The highest BCUT2D eigenvalue weighted by molar-refractivity contribution is 9.11. The van der Waals surface area contributed by atoms with Crippen LogP contribution >= 0.6 is 63.7 Å². The number of aryl methyl sites for hydroxylation is 2.